The topological polar surface area (TPSA) is 16.3 Å². The Morgan fingerprint density at radius 1 is 0.243 bits per heavy atom. The second kappa shape index (κ2) is 25.8. The van der Waals surface area contributed by atoms with E-state index in [1.54, 1.807) is 0 Å². The first kappa shape index (κ1) is 74.2. The highest BCUT2D eigenvalue weighted by atomic mass is 15.2. The Labute approximate surface area is 684 Å². The number of aromatic nitrogens is 2. The second-order valence-electron chi connectivity index (χ2n) is 41.2. The standard InChI is InChI=1S/C110H111BN4/c1-103(2,3)76-38-50-96-86(63-76)87-64-77(104(4,5)6)39-51-97(87)114(96)82-44-47-92-99(65-82)113(81-42-32-70(33-43-81)73-35-46-89-91(60-73)110(19,20)55-53-108(89,15)16)101-67-83(115-94-29-25-24-28-84(94)85-58-71(36-48-95(85)115)68-26-22-21-23-27-68)66-100-102(101)111(92)93-61-74(75-56-78(105(7,8)9)62-79(57-75)106(10,11)12)37-49-98(93)112(100)80-40-30-69(31-41-80)72-34-45-88-90(59-72)109(17,18)54-52-107(88,13)14/h21-51,56-67H,52-55H2,1-20H3. The maximum Gasteiger partial charge on any atom is 0.252 e. The number of benzene rings is 13. The SMILES string of the molecule is CC(C)(C)c1cc(-c2ccc3c(c2)B2c4ccc(-n5c6ccc(C(C)(C)C)cc6c6cc(C(C)(C)C)ccc65)cc4N(c4ccc(-c5ccc6c(c5)C(C)(C)CCC6(C)C)cc4)c4cc(-n5c6ccccc6c6cc(-c7ccccc7)ccc65)cc(c42)N3c2ccc(-c3ccc4c(c3)C(C)(C)CCC4(C)C)cc2)cc(C(C)(C)C)c1. The summed E-state index contributed by atoms with van der Waals surface area (Å²) in [6.07, 6.45) is 4.69. The van der Waals surface area contributed by atoms with Gasteiger partial charge >= 0.3 is 0 Å². The Hall–Kier alpha value is -10.9. The first-order valence-electron chi connectivity index (χ1n) is 42.4. The van der Waals surface area contributed by atoms with Gasteiger partial charge in [-0.25, -0.2) is 0 Å². The van der Waals surface area contributed by atoms with E-state index >= 15 is 0 Å². The van der Waals surface area contributed by atoms with E-state index in [9.17, 15) is 0 Å². The zero-order valence-corrected chi connectivity index (χ0v) is 71.5. The van der Waals surface area contributed by atoms with Gasteiger partial charge in [0.05, 0.1) is 27.8 Å². The van der Waals surface area contributed by atoms with Gasteiger partial charge in [-0.15, -0.1) is 0 Å². The molecular weight excluding hydrogens is 1390 g/mol. The monoisotopic (exact) mass is 1500 g/mol. The van der Waals surface area contributed by atoms with Crippen molar-refractivity contribution in [3.63, 3.8) is 0 Å². The molecule has 0 bridgehead atoms. The number of nitrogens with zero attached hydrogens (tertiary/aromatic N) is 4. The van der Waals surface area contributed by atoms with Gasteiger partial charge in [0, 0.05) is 61.4 Å². The van der Waals surface area contributed by atoms with Gasteiger partial charge in [0.1, 0.15) is 0 Å². The van der Waals surface area contributed by atoms with Crippen LogP contribution >= 0.6 is 0 Å². The molecular formula is C110H111BN4. The number of fused-ring (bicyclic) bond motifs is 12. The Morgan fingerprint density at radius 2 is 0.626 bits per heavy atom. The summed E-state index contributed by atoms with van der Waals surface area (Å²) in [5, 5.41) is 4.99. The molecule has 2 aliphatic carbocycles. The summed E-state index contributed by atoms with van der Waals surface area (Å²) < 4.78 is 5.14. The van der Waals surface area contributed by atoms with E-state index < -0.39 is 0 Å². The highest BCUT2D eigenvalue weighted by molar-refractivity contribution is 7.00. The van der Waals surface area contributed by atoms with E-state index in [0.717, 1.165) is 57.3 Å². The number of anilines is 6. The van der Waals surface area contributed by atoms with Gasteiger partial charge < -0.3 is 18.9 Å². The van der Waals surface area contributed by atoms with Crippen LogP contribution < -0.4 is 26.2 Å². The summed E-state index contributed by atoms with van der Waals surface area (Å²) in [6, 6.07) is 103. The third kappa shape index (κ3) is 12.3. The molecule has 574 valence electrons. The predicted octanol–water partition coefficient (Wildman–Crippen LogP) is 28.5. The minimum atomic E-state index is -0.211. The lowest BCUT2D eigenvalue weighted by Gasteiger charge is -2.45. The minimum absolute atomic E-state index is 0.0500. The number of para-hydroxylation sites is 1. The number of hydrogen-bond donors (Lipinski definition) is 0. The zero-order valence-electron chi connectivity index (χ0n) is 71.5. The summed E-state index contributed by atoms with van der Waals surface area (Å²) in [5.74, 6) is 0. The average molecular weight is 1500 g/mol. The molecule has 0 atom stereocenters. The molecule has 5 heteroatoms. The first-order chi connectivity index (χ1) is 54.5. The molecule has 4 heterocycles. The predicted molar refractivity (Wildman–Crippen MR) is 496 cm³/mol. The summed E-state index contributed by atoms with van der Waals surface area (Å²) >= 11 is 0. The summed E-state index contributed by atoms with van der Waals surface area (Å²) in [4.78, 5) is 5.31. The van der Waals surface area contributed by atoms with Crippen LogP contribution in [0, 0.1) is 0 Å². The molecule has 0 saturated heterocycles. The molecule has 0 radical (unpaired) electrons. The third-order valence-electron chi connectivity index (χ3n) is 27.5. The molecule has 2 aromatic heterocycles. The summed E-state index contributed by atoms with van der Waals surface area (Å²) in [6.45, 7) is 47.6. The van der Waals surface area contributed by atoms with Crippen LogP contribution in [0.4, 0.5) is 34.1 Å². The van der Waals surface area contributed by atoms with Crippen molar-refractivity contribution >= 4 is 101 Å². The van der Waals surface area contributed by atoms with E-state index in [1.165, 1.54) is 163 Å². The Morgan fingerprint density at radius 3 is 1.14 bits per heavy atom. The van der Waals surface area contributed by atoms with Crippen LogP contribution in [-0.4, -0.2) is 15.8 Å². The molecule has 115 heavy (non-hydrogen) atoms. The van der Waals surface area contributed by atoms with Crippen molar-refractivity contribution in [2.24, 2.45) is 0 Å². The lowest BCUT2D eigenvalue weighted by atomic mass is 9.33. The van der Waals surface area contributed by atoms with Gasteiger partial charge in [-0.2, -0.15) is 0 Å². The van der Waals surface area contributed by atoms with Crippen LogP contribution in [0.5, 0.6) is 0 Å². The Kier molecular flexibility index (Phi) is 16.7. The number of hydrogen-bond acceptors (Lipinski definition) is 2. The van der Waals surface area contributed by atoms with E-state index in [4.69, 9.17) is 0 Å². The van der Waals surface area contributed by atoms with Gasteiger partial charge in [-0.05, 0) is 271 Å². The third-order valence-corrected chi connectivity index (χ3v) is 27.5. The molecule has 0 spiro atoms. The Bertz CT molecular complexity index is 6390. The fourth-order valence-corrected chi connectivity index (χ4v) is 20.1. The molecule has 2 aliphatic heterocycles. The molecule has 4 nitrogen and oxygen atoms in total. The maximum absolute atomic E-state index is 2.67. The molecule has 19 rings (SSSR count). The van der Waals surface area contributed by atoms with Gasteiger partial charge in [-0.1, -0.05) is 302 Å². The van der Waals surface area contributed by atoms with Crippen LogP contribution in [0.1, 0.15) is 209 Å². The lowest BCUT2D eigenvalue weighted by Crippen LogP contribution is -2.61. The molecule has 13 aromatic carbocycles. The van der Waals surface area contributed by atoms with Gasteiger partial charge in [0.15, 0.2) is 0 Å². The van der Waals surface area contributed by atoms with Crippen molar-refractivity contribution in [2.75, 3.05) is 9.80 Å². The largest absolute Gasteiger partial charge is 0.311 e. The van der Waals surface area contributed by atoms with Crippen LogP contribution in [0.3, 0.4) is 0 Å². The summed E-state index contributed by atoms with van der Waals surface area (Å²) in [7, 11) is 0. The van der Waals surface area contributed by atoms with Crippen molar-refractivity contribution in [1.29, 1.82) is 0 Å². The fourth-order valence-electron chi connectivity index (χ4n) is 20.1. The normalized spacial score (nSPS) is 16.1. The molecule has 0 fully saturated rings. The van der Waals surface area contributed by atoms with E-state index in [1.807, 2.05) is 0 Å². The van der Waals surface area contributed by atoms with E-state index in [0.29, 0.717) is 0 Å². The maximum atomic E-state index is 2.67. The van der Waals surface area contributed by atoms with E-state index in [-0.39, 0.29) is 50.0 Å². The zero-order chi connectivity index (χ0) is 80.3. The lowest BCUT2D eigenvalue weighted by molar-refractivity contribution is 0.332. The van der Waals surface area contributed by atoms with Crippen LogP contribution in [0.25, 0.3) is 99.5 Å². The van der Waals surface area contributed by atoms with Crippen molar-refractivity contribution < 1.29 is 0 Å². The molecule has 0 unspecified atom stereocenters. The van der Waals surface area contributed by atoms with Crippen molar-refractivity contribution in [3.8, 4) is 55.9 Å². The average Bonchev–Trinajstić information content (AvgIpc) is 1.41. The van der Waals surface area contributed by atoms with Crippen molar-refractivity contribution in [1.82, 2.24) is 9.13 Å². The van der Waals surface area contributed by atoms with Crippen molar-refractivity contribution in [2.45, 2.75) is 207 Å². The number of rotatable bonds is 8. The smallest absolute Gasteiger partial charge is 0.252 e. The van der Waals surface area contributed by atoms with Gasteiger partial charge in [0.2, 0.25) is 0 Å². The first-order valence-corrected chi connectivity index (χ1v) is 42.4. The van der Waals surface area contributed by atoms with Crippen molar-refractivity contribution in [3.05, 3.63) is 305 Å². The Balaban J connectivity index is 0.913. The highest BCUT2D eigenvalue weighted by Crippen LogP contribution is 2.53. The molecule has 0 amide bonds. The molecule has 0 saturated carbocycles. The van der Waals surface area contributed by atoms with Crippen LogP contribution in [0.2, 0.25) is 0 Å². The summed E-state index contributed by atoms with van der Waals surface area (Å²) in [5.41, 5.74) is 38.7. The molecule has 0 N–H and O–H groups in total. The van der Waals surface area contributed by atoms with Gasteiger partial charge in [0.25, 0.3) is 6.71 Å². The highest BCUT2D eigenvalue weighted by Gasteiger charge is 2.46. The second-order valence-corrected chi connectivity index (χ2v) is 41.2. The van der Waals surface area contributed by atoms with Crippen LogP contribution in [0.15, 0.2) is 261 Å². The molecule has 4 aliphatic rings. The van der Waals surface area contributed by atoms with Gasteiger partial charge in [-0.3, -0.25) is 0 Å². The quantitative estimate of drug-likeness (QED) is 0.141. The molecule has 15 aromatic rings. The minimum Gasteiger partial charge on any atom is -0.311 e. The fraction of sp³-hybridized carbons (Fsp3) is 0.291. The van der Waals surface area contributed by atoms with Crippen LogP contribution in [-0.2, 0) is 43.3 Å². The van der Waals surface area contributed by atoms with E-state index in [2.05, 4.69) is 418 Å².